The number of fused-ring (bicyclic) bond motifs is 2. The van der Waals surface area contributed by atoms with Gasteiger partial charge in [0.1, 0.15) is 5.75 Å². The first-order valence-corrected chi connectivity index (χ1v) is 8.93. The molecule has 0 aromatic heterocycles. The van der Waals surface area contributed by atoms with Gasteiger partial charge in [-0.2, -0.15) is 0 Å². The molecule has 0 aromatic rings. The van der Waals surface area contributed by atoms with Crippen LogP contribution in [0, 0.1) is 5.92 Å². The highest BCUT2D eigenvalue weighted by Crippen LogP contribution is 2.28. The van der Waals surface area contributed by atoms with Gasteiger partial charge in [0, 0.05) is 18.6 Å². The summed E-state index contributed by atoms with van der Waals surface area (Å²) in [6.45, 7) is 5.44. The minimum absolute atomic E-state index is 0.0697. The van der Waals surface area contributed by atoms with Crippen LogP contribution in [0.3, 0.4) is 0 Å². The maximum absolute atomic E-state index is 12.3. The molecule has 2 saturated heterocycles. The minimum atomic E-state index is -3.27. The molecular weight excluding hydrogens is 264 g/mol. The molecule has 0 spiro atoms. The molecule has 110 valence electrons. The Kier molecular flexibility index (Phi) is 4.50. The van der Waals surface area contributed by atoms with Crippen LogP contribution in [0.15, 0.2) is 0 Å². The monoisotopic (exact) mass is 288 g/mol. The quantitative estimate of drug-likeness (QED) is 0.814. The van der Waals surface area contributed by atoms with Crippen LogP contribution in [-0.2, 0) is 14.6 Å². The third-order valence-corrected chi connectivity index (χ3v) is 5.73. The summed E-state index contributed by atoms with van der Waals surface area (Å²) in [6, 6.07) is 0.427. The summed E-state index contributed by atoms with van der Waals surface area (Å²) in [6.07, 6.45) is 2.95. The Morgan fingerprint density at radius 1 is 1.26 bits per heavy atom. The van der Waals surface area contributed by atoms with E-state index in [9.17, 15) is 13.2 Å². The summed E-state index contributed by atoms with van der Waals surface area (Å²) in [7, 11) is -3.27. The Morgan fingerprint density at radius 3 is 2.63 bits per heavy atom. The summed E-state index contributed by atoms with van der Waals surface area (Å²) in [5.74, 6) is -0.351. The molecule has 0 aromatic carbocycles. The second-order valence-electron chi connectivity index (χ2n) is 6.13. The fourth-order valence-electron chi connectivity index (χ4n) is 3.22. The van der Waals surface area contributed by atoms with Crippen molar-refractivity contribution in [3.05, 3.63) is 0 Å². The van der Waals surface area contributed by atoms with E-state index in [-0.39, 0.29) is 35.4 Å². The molecule has 2 unspecified atom stereocenters. The predicted molar refractivity (Wildman–Crippen MR) is 74.6 cm³/mol. The summed E-state index contributed by atoms with van der Waals surface area (Å²) >= 11 is 0. The minimum Gasteiger partial charge on any atom is -0.335 e. The highest BCUT2D eigenvalue weighted by Gasteiger charge is 2.39. The second-order valence-corrected chi connectivity index (χ2v) is 8.24. The molecular formula is C13H24N2O3S. The fourth-order valence-corrected chi connectivity index (χ4v) is 4.88. The topological polar surface area (TPSA) is 66.5 Å². The molecule has 2 fully saturated rings. The third kappa shape index (κ3) is 3.69. The van der Waals surface area contributed by atoms with Crippen molar-refractivity contribution >= 4 is 15.7 Å². The lowest BCUT2D eigenvalue weighted by Gasteiger charge is -2.27. The molecule has 0 radical (unpaired) electrons. The number of amides is 1. The van der Waals surface area contributed by atoms with Crippen LogP contribution in [0.1, 0.15) is 33.1 Å². The molecule has 0 aliphatic carbocycles. The van der Waals surface area contributed by atoms with Gasteiger partial charge in [-0.1, -0.05) is 13.8 Å². The van der Waals surface area contributed by atoms with E-state index in [2.05, 4.69) is 5.32 Å². The molecule has 6 heteroatoms. The van der Waals surface area contributed by atoms with Crippen molar-refractivity contribution in [2.45, 2.75) is 45.2 Å². The third-order valence-electron chi connectivity index (χ3n) is 3.87. The number of carbonyl (C=O) groups is 1. The van der Waals surface area contributed by atoms with Gasteiger partial charge in [0.15, 0.2) is 9.84 Å². The normalized spacial score (nSPS) is 27.6. The molecule has 1 amide bonds. The molecule has 2 atom stereocenters. The number of hydrogen-bond acceptors (Lipinski definition) is 4. The number of carbonyl (C=O) groups excluding carboxylic acids is 1. The van der Waals surface area contributed by atoms with Crippen LogP contribution >= 0.6 is 0 Å². The first-order chi connectivity index (χ1) is 8.89. The lowest BCUT2D eigenvalue weighted by atomic mass is 10.1. The van der Waals surface area contributed by atoms with E-state index in [4.69, 9.17) is 0 Å². The SMILES string of the molecule is CC(C)CS(=O)(=O)CC(=O)N1C2CCNCC1CC2. The average molecular weight is 288 g/mol. The highest BCUT2D eigenvalue weighted by molar-refractivity contribution is 7.92. The Bertz CT molecular complexity index is 419. The molecule has 2 bridgehead atoms. The van der Waals surface area contributed by atoms with Gasteiger partial charge in [-0.05, 0) is 31.7 Å². The maximum atomic E-state index is 12.3. The summed E-state index contributed by atoms with van der Waals surface area (Å²) < 4.78 is 23.9. The van der Waals surface area contributed by atoms with E-state index in [0.29, 0.717) is 0 Å². The van der Waals surface area contributed by atoms with Crippen LogP contribution in [0.5, 0.6) is 0 Å². The zero-order chi connectivity index (χ0) is 14.0. The zero-order valence-corrected chi connectivity index (χ0v) is 12.6. The number of nitrogens with one attached hydrogen (secondary N) is 1. The number of sulfone groups is 1. The van der Waals surface area contributed by atoms with Gasteiger partial charge in [0.2, 0.25) is 5.91 Å². The van der Waals surface area contributed by atoms with Gasteiger partial charge in [0.25, 0.3) is 0 Å². The van der Waals surface area contributed by atoms with Gasteiger partial charge in [-0.15, -0.1) is 0 Å². The predicted octanol–water partition coefficient (Wildman–Crippen LogP) is 0.410. The summed E-state index contributed by atoms with van der Waals surface area (Å²) in [5, 5.41) is 3.32. The Hall–Kier alpha value is -0.620. The Balaban J connectivity index is 2.03. The molecule has 2 aliphatic rings. The van der Waals surface area contributed by atoms with E-state index >= 15 is 0 Å². The van der Waals surface area contributed by atoms with E-state index in [1.807, 2.05) is 18.7 Å². The smallest absolute Gasteiger partial charge is 0.238 e. The highest BCUT2D eigenvalue weighted by atomic mass is 32.2. The first kappa shape index (κ1) is 14.8. The number of rotatable bonds is 4. The fraction of sp³-hybridized carbons (Fsp3) is 0.923. The zero-order valence-electron chi connectivity index (χ0n) is 11.8. The average Bonchev–Trinajstić information content (AvgIpc) is 2.49. The van der Waals surface area contributed by atoms with Crippen LogP contribution in [0.4, 0.5) is 0 Å². The standard InChI is InChI=1S/C13H24N2O3S/c1-10(2)8-19(17,18)9-13(16)15-11-3-4-12(15)7-14-6-5-11/h10-12,14H,3-9H2,1-2H3. The molecule has 19 heavy (non-hydrogen) atoms. The lowest BCUT2D eigenvalue weighted by Crippen LogP contribution is -2.45. The molecule has 2 heterocycles. The van der Waals surface area contributed by atoms with Crippen molar-refractivity contribution in [1.29, 1.82) is 0 Å². The number of hydrogen-bond donors (Lipinski definition) is 1. The van der Waals surface area contributed by atoms with Crippen LogP contribution in [-0.4, -0.2) is 55.9 Å². The van der Waals surface area contributed by atoms with E-state index in [1.165, 1.54) is 0 Å². The van der Waals surface area contributed by atoms with Crippen LogP contribution in [0.2, 0.25) is 0 Å². The largest absolute Gasteiger partial charge is 0.335 e. The van der Waals surface area contributed by atoms with Crippen molar-refractivity contribution in [2.75, 3.05) is 24.6 Å². The van der Waals surface area contributed by atoms with Crippen molar-refractivity contribution in [2.24, 2.45) is 5.92 Å². The molecule has 5 nitrogen and oxygen atoms in total. The van der Waals surface area contributed by atoms with Crippen molar-refractivity contribution in [1.82, 2.24) is 10.2 Å². The van der Waals surface area contributed by atoms with Gasteiger partial charge in [-0.25, -0.2) is 8.42 Å². The van der Waals surface area contributed by atoms with Gasteiger partial charge < -0.3 is 10.2 Å². The summed E-state index contributed by atoms with van der Waals surface area (Å²) in [4.78, 5) is 14.2. The molecule has 1 N–H and O–H groups in total. The molecule has 2 aliphatic heterocycles. The molecule has 2 rings (SSSR count). The second kappa shape index (κ2) is 5.79. The van der Waals surface area contributed by atoms with Crippen molar-refractivity contribution in [3.8, 4) is 0 Å². The number of nitrogens with zero attached hydrogens (tertiary/aromatic N) is 1. The van der Waals surface area contributed by atoms with E-state index in [1.54, 1.807) is 0 Å². The van der Waals surface area contributed by atoms with Crippen molar-refractivity contribution in [3.63, 3.8) is 0 Å². The van der Waals surface area contributed by atoms with Gasteiger partial charge in [-0.3, -0.25) is 4.79 Å². The summed E-state index contributed by atoms with van der Waals surface area (Å²) in [5.41, 5.74) is 0. The Morgan fingerprint density at radius 2 is 1.95 bits per heavy atom. The van der Waals surface area contributed by atoms with E-state index in [0.717, 1.165) is 32.4 Å². The van der Waals surface area contributed by atoms with Crippen LogP contribution in [0.25, 0.3) is 0 Å². The first-order valence-electron chi connectivity index (χ1n) is 7.11. The van der Waals surface area contributed by atoms with Gasteiger partial charge >= 0.3 is 0 Å². The Labute approximate surface area is 115 Å². The maximum Gasteiger partial charge on any atom is 0.238 e. The molecule has 0 saturated carbocycles. The van der Waals surface area contributed by atoms with Crippen molar-refractivity contribution < 1.29 is 13.2 Å². The lowest BCUT2D eigenvalue weighted by molar-refractivity contribution is -0.130. The van der Waals surface area contributed by atoms with E-state index < -0.39 is 9.84 Å². The van der Waals surface area contributed by atoms with Crippen LogP contribution < -0.4 is 5.32 Å². The van der Waals surface area contributed by atoms with Gasteiger partial charge in [0.05, 0.1) is 5.75 Å².